The van der Waals surface area contributed by atoms with Gasteiger partial charge in [-0.15, -0.1) is 0 Å². The zero-order chi connectivity index (χ0) is 13.3. The van der Waals surface area contributed by atoms with E-state index in [1.54, 1.807) is 12.1 Å². The summed E-state index contributed by atoms with van der Waals surface area (Å²) < 4.78 is 13.8. The average molecular weight is 244 g/mol. The molecule has 1 unspecified atom stereocenters. The third-order valence-corrected chi connectivity index (χ3v) is 3.26. The third-order valence-electron chi connectivity index (χ3n) is 3.26. The van der Waals surface area contributed by atoms with Crippen LogP contribution in [0.1, 0.15) is 33.9 Å². The molecule has 94 valence electrons. The first-order chi connectivity index (χ1) is 8.50. The fourth-order valence-electron chi connectivity index (χ4n) is 2.29. The summed E-state index contributed by atoms with van der Waals surface area (Å²) >= 11 is 0. The van der Waals surface area contributed by atoms with Crippen LogP contribution < -0.4 is 0 Å². The summed E-state index contributed by atoms with van der Waals surface area (Å²) in [7, 11) is 0. The summed E-state index contributed by atoms with van der Waals surface area (Å²) in [5.74, 6) is -0.365. The molecule has 0 spiro atoms. The molecule has 0 fully saturated rings. The Labute approximate surface area is 107 Å². The van der Waals surface area contributed by atoms with Gasteiger partial charge in [-0.05, 0) is 43.5 Å². The van der Waals surface area contributed by atoms with E-state index in [4.69, 9.17) is 0 Å². The van der Waals surface area contributed by atoms with Gasteiger partial charge in [-0.2, -0.15) is 0 Å². The molecule has 0 saturated heterocycles. The minimum absolute atomic E-state index is 0.340. The lowest BCUT2D eigenvalue weighted by molar-refractivity contribution is 0.213. The number of aliphatic hydroxyl groups excluding tert-OH is 1. The molecule has 18 heavy (non-hydrogen) atoms. The fourth-order valence-corrected chi connectivity index (χ4v) is 2.29. The second kappa shape index (κ2) is 4.91. The highest BCUT2D eigenvalue weighted by Crippen LogP contribution is 2.29. The van der Waals surface area contributed by atoms with Crippen LogP contribution in [0, 0.1) is 26.6 Å². The van der Waals surface area contributed by atoms with Crippen LogP contribution in [0.4, 0.5) is 4.39 Å². The first-order valence-electron chi connectivity index (χ1n) is 6.01. The molecule has 1 nitrogen and oxygen atoms in total. The van der Waals surface area contributed by atoms with Crippen LogP contribution in [-0.4, -0.2) is 5.11 Å². The average Bonchev–Trinajstić information content (AvgIpc) is 2.32. The molecule has 0 aliphatic heterocycles. The molecule has 0 amide bonds. The third kappa shape index (κ3) is 2.29. The van der Waals surface area contributed by atoms with Gasteiger partial charge in [-0.25, -0.2) is 4.39 Å². The van der Waals surface area contributed by atoms with Gasteiger partial charge in [0.05, 0.1) is 0 Å². The molecule has 0 saturated carbocycles. The molecule has 0 radical (unpaired) electrons. The highest BCUT2D eigenvalue weighted by Gasteiger charge is 2.18. The summed E-state index contributed by atoms with van der Waals surface area (Å²) in [4.78, 5) is 0. The van der Waals surface area contributed by atoms with E-state index in [9.17, 15) is 9.50 Å². The SMILES string of the molecule is Cc1ccc(F)c(C(O)c2c(C)cccc2C)c1. The number of halogens is 1. The number of aryl methyl sites for hydroxylation is 3. The van der Waals surface area contributed by atoms with Crippen molar-refractivity contribution in [2.45, 2.75) is 26.9 Å². The van der Waals surface area contributed by atoms with E-state index in [1.807, 2.05) is 39.0 Å². The van der Waals surface area contributed by atoms with Crippen molar-refractivity contribution in [1.82, 2.24) is 0 Å². The minimum atomic E-state index is -0.911. The Balaban J connectivity index is 2.54. The van der Waals surface area contributed by atoms with E-state index in [0.717, 1.165) is 22.3 Å². The van der Waals surface area contributed by atoms with E-state index < -0.39 is 6.10 Å². The molecule has 2 aromatic rings. The Morgan fingerprint density at radius 1 is 1.00 bits per heavy atom. The molecule has 1 atom stereocenters. The van der Waals surface area contributed by atoms with E-state index in [-0.39, 0.29) is 5.82 Å². The lowest BCUT2D eigenvalue weighted by Gasteiger charge is -2.18. The minimum Gasteiger partial charge on any atom is -0.384 e. The van der Waals surface area contributed by atoms with E-state index in [0.29, 0.717) is 5.56 Å². The zero-order valence-electron chi connectivity index (χ0n) is 10.9. The number of rotatable bonds is 2. The van der Waals surface area contributed by atoms with Gasteiger partial charge in [0.2, 0.25) is 0 Å². The molecule has 0 aliphatic rings. The summed E-state index contributed by atoms with van der Waals surface area (Å²) in [6.45, 7) is 5.75. The maximum Gasteiger partial charge on any atom is 0.129 e. The Hall–Kier alpha value is -1.67. The number of hydrogen-bond acceptors (Lipinski definition) is 1. The maximum absolute atomic E-state index is 13.8. The molecular formula is C16H17FO. The Kier molecular flexibility index (Phi) is 3.48. The maximum atomic E-state index is 13.8. The van der Waals surface area contributed by atoms with Gasteiger partial charge < -0.3 is 5.11 Å². The number of aliphatic hydroxyl groups is 1. The van der Waals surface area contributed by atoms with Gasteiger partial charge in [0.1, 0.15) is 11.9 Å². The fraction of sp³-hybridized carbons (Fsp3) is 0.250. The molecular weight excluding hydrogens is 227 g/mol. The molecule has 1 N–H and O–H groups in total. The zero-order valence-corrected chi connectivity index (χ0v) is 10.9. The van der Waals surface area contributed by atoms with Crippen molar-refractivity contribution in [1.29, 1.82) is 0 Å². The smallest absolute Gasteiger partial charge is 0.129 e. The van der Waals surface area contributed by atoms with Crippen molar-refractivity contribution < 1.29 is 9.50 Å². The van der Waals surface area contributed by atoms with Crippen LogP contribution in [-0.2, 0) is 0 Å². The van der Waals surface area contributed by atoms with Crippen molar-refractivity contribution in [3.63, 3.8) is 0 Å². The first kappa shape index (κ1) is 12.8. The number of benzene rings is 2. The second-order valence-electron chi connectivity index (χ2n) is 4.73. The monoisotopic (exact) mass is 244 g/mol. The van der Waals surface area contributed by atoms with Gasteiger partial charge in [0.25, 0.3) is 0 Å². The number of hydrogen-bond donors (Lipinski definition) is 1. The second-order valence-corrected chi connectivity index (χ2v) is 4.73. The van der Waals surface area contributed by atoms with Crippen molar-refractivity contribution in [2.75, 3.05) is 0 Å². The standard InChI is InChI=1S/C16H17FO/c1-10-7-8-14(17)13(9-10)16(18)15-11(2)5-4-6-12(15)3/h4-9,16,18H,1-3H3. The van der Waals surface area contributed by atoms with Gasteiger partial charge >= 0.3 is 0 Å². The molecule has 0 bridgehead atoms. The lowest BCUT2D eigenvalue weighted by atomic mass is 9.92. The topological polar surface area (TPSA) is 20.2 Å². The predicted octanol–water partition coefficient (Wildman–Crippen LogP) is 3.83. The molecule has 2 aromatic carbocycles. The van der Waals surface area contributed by atoms with E-state index in [2.05, 4.69) is 0 Å². The van der Waals surface area contributed by atoms with Crippen molar-refractivity contribution in [2.24, 2.45) is 0 Å². The molecule has 2 heteroatoms. The quantitative estimate of drug-likeness (QED) is 0.851. The van der Waals surface area contributed by atoms with Gasteiger partial charge in [0.15, 0.2) is 0 Å². The van der Waals surface area contributed by atoms with E-state index in [1.165, 1.54) is 6.07 Å². The van der Waals surface area contributed by atoms with Crippen molar-refractivity contribution >= 4 is 0 Å². The highest BCUT2D eigenvalue weighted by atomic mass is 19.1. The van der Waals surface area contributed by atoms with Gasteiger partial charge in [-0.3, -0.25) is 0 Å². The van der Waals surface area contributed by atoms with Gasteiger partial charge in [0, 0.05) is 5.56 Å². The van der Waals surface area contributed by atoms with Crippen LogP contribution in [0.3, 0.4) is 0 Å². The highest BCUT2D eigenvalue weighted by molar-refractivity contribution is 5.41. The normalized spacial score (nSPS) is 12.5. The summed E-state index contributed by atoms with van der Waals surface area (Å²) in [6.07, 6.45) is -0.911. The Morgan fingerprint density at radius 2 is 1.61 bits per heavy atom. The van der Waals surface area contributed by atoms with Crippen LogP contribution in [0.15, 0.2) is 36.4 Å². The molecule has 0 heterocycles. The first-order valence-corrected chi connectivity index (χ1v) is 6.01. The summed E-state index contributed by atoms with van der Waals surface area (Å²) in [5.41, 5.74) is 4.03. The summed E-state index contributed by atoms with van der Waals surface area (Å²) in [6, 6.07) is 10.6. The molecule has 2 rings (SSSR count). The molecule has 0 aromatic heterocycles. The van der Waals surface area contributed by atoms with Gasteiger partial charge in [-0.1, -0.05) is 35.9 Å². The lowest BCUT2D eigenvalue weighted by Crippen LogP contribution is -2.07. The molecule has 0 aliphatic carbocycles. The Morgan fingerprint density at radius 3 is 2.22 bits per heavy atom. The van der Waals surface area contributed by atoms with Crippen molar-refractivity contribution in [3.05, 3.63) is 70.0 Å². The van der Waals surface area contributed by atoms with Crippen LogP contribution in [0.25, 0.3) is 0 Å². The van der Waals surface area contributed by atoms with Crippen LogP contribution >= 0.6 is 0 Å². The van der Waals surface area contributed by atoms with Crippen molar-refractivity contribution in [3.8, 4) is 0 Å². The Bertz CT molecular complexity index is 555. The van der Waals surface area contributed by atoms with E-state index >= 15 is 0 Å². The predicted molar refractivity (Wildman–Crippen MR) is 71.1 cm³/mol. The van der Waals surface area contributed by atoms with Crippen LogP contribution in [0.2, 0.25) is 0 Å². The van der Waals surface area contributed by atoms with Crippen LogP contribution in [0.5, 0.6) is 0 Å². The summed E-state index contributed by atoms with van der Waals surface area (Å²) in [5, 5.41) is 10.4. The largest absolute Gasteiger partial charge is 0.384 e.